The lowest BCUT2D eigenvalue weighted by atomic mass is 9.83. The van der Waals surface area contributed by atoms with E-state index in [2.05, 4.69) is 65.6 Å². The molecule has 0 N–H and O–H groups in total. The van der Waals surface area contributed by atoms with Crippen LogP contribution in [0.3, 0.4) is 0 Å². The summed E-state index contributed by atoms with van der Waals surface area (Å²) in [6, 6.07) is 22.0. The van der Waals surface area contributed by atoms with Gasteiger partial charge >= 0.3 is 0 Å². The number of hydrogen-bond acceptors (Lipinski definition) is 3. The van der Waals surface area contributed by atoms with Crippen molar-refractivity contribution in [3.8, 4) is 0 Å². The normalized spacial score (nSPS) is 19.5. The average Bonchev–Trinajstić information content (AvgIpc) is 2.74. The number of carbonyl (C=O) groups excluding carboxylic acids is 1. The van der Waals surface area contributed by atoms with Crippen LogP contribution >= 0.6 is 0 Å². The van der Waals surface area contributed by atoms with E-state index in [-0.39, 0.29) is 5.91 Å². The first-order valence-corrected chi connectivity index (χ1v) is 10.3. The van der Waals surface area contributed by atoms with Crippen molar-refractivity contribution in [1.29, 1.82) is 0 Å². The maximum Gasteiger partial charge on any atom is 0.246 e. The van der Waals surface area contributed by atoms with Crippen LogP contribution in [-0.4, -0.2) is 36.1 Å². The zero-order valence-corrected chi connectivity index (χ0v) is 17.1. The molecular formula is C24H32N2O2. The standard InChI is InChI=1S/C24H32N2O2/c1-25(28-2)24(27)17-20-13-15-23(16-14-20)26(18-21-9-5-3-6-10-21)19-22-11-7-4-8-12-22/h3-12,20,23H,13-19H2,1-2H3. The van der Waals surface area contributed by atoms with Crippen molar-refractivity contribution in [2.45, 2.75) is 51.2 Å². The Morgan fingerprint density at radius 1 is 0.893 bits per heavy atom. The van der Waals surface area contributed by atoms with Crippen LogP contribution in [0.25, 0.3) is 0 Å². The topological polar surface area (TPSA) is 32.8 Å². The Morgan fingerprint density at radius 3 is 1.86 bits per heavy atom. The number of carbonyl (C=O) groups is 1. The van der Waals surface area contributed by atoms with Crippen LogP contribution in [0.2, 0.25) is 0 Å². The number of nitrogens with zero attached hydrogens (tertiary/aromatic N) is 2. The van der Waals surface area contributed by atoms with Crippen LogP contribution in [0.4, 0.5) is 0 Å². The highest BCUT2D eigenvalue weighted by Gasteiger charge is 2.28. The molecule has 150 valence electrons. The van der Waals surface area contributed by atoms with E-state index in [4.69, 9.17) is 4.84 Å². The van der Waals surface area contributed by atoms with Gasteiger partial charge in [-0.1, -0.05) is 60.7 Å². The molecule has 0 aliphatic heterocycles. The maximum atomic E-state index is 12.1. The number of hydroxylamine groups is 2. The summed E-state index contributed by atoms with van der Waals surface area (Å²) in [7, 11) is 3.23. The minimum atomic E-state index is 0.0800. The molecule has 1 saturated carbocycles. The molecule has 0 aromatic heterocycles. The van der Waals surface area contributed by atoms with E-state index in [1.807, 2.05) is 0 Å². The molecule has 1 fully saturated rings. The molecule has 0 saturated heterocycles. The van der Waals surface area contributed by atoms with Crippen LogP contribution < -0.4 is 0 Å². The molecule has 2 aromatic rings. The molecular weight excluding hydrogens is 348 g/mol. The fourth-order valence-electron chi connectivity index (χ4n) is 4.14. The van der Waals surface area contributed by atoms with Crippen molar-refractivity contribution in [2.75, 3.05) is 14.2 Å². The third kappa shape index (κ3) is 5.91. The van der Waals surface area contributed by atoms with E-state index in [9.17, 15) is 4.79 Å². The van der Waals surface area contributed by atoms with Crippen molar-refractivity contribution < 1.29 is 9.63 Å². The van der Waals surface area contributed by atoms with E-state index in [1.54, 1.807) is 14.2 Å². The van der Waals surface area contributed by atoms with Crippen LogP contribution in [-0.2, 0) is 22.7 Å². The zero-order chi connectivity index (χ0) is 19.8. The van der Waals surface area contributed by atoms with Gasteiger partial charge in [-0.25, -0.2) is 5.06 Å². The molecule has 0 radical (unpaired) electrons. The van der Waals surface area contributed by atoms with Gasteiger partial charge in [-0.3, -0.25) is 14.5 Å². The van der Waals surface area contributed by atoms with Gasteiger partial charge < -0.3 is 0 Å². The second-order valence-electron chi connectivity index (χ2n) is 7.83. The Morgan fingerprint density at radius 2 is 1.39 bits per heavy atom. The lowest BCUT2D eigenvalue weighted by Crippen LogP contribution is -2.38. The van der Waals surface area contributed by atoms with Crippen molar-refractivity contribution in [3.05, 3.63) is 71.8 Å². The summed E-state index contributed by atoms with van der Waals surface area (Å²) in [5, 5.41) is 1.35. The maximum absolute atomic E-state index is 12.1. The van der Waals surface area contributed by atoms with Crippen molar-refractivity contribution in [1.82, 2.24) is 9.96 Å². The molecule has 1 aliphatic rings. The highest BCUT2D eigenvalue weighted by atomic mass is 16.7. The highest BCUT2D eigenvalue weighted by Crippen LogP contribution is 2.31. The smallest absolute Gasteiger partial charge is 0.246 e. The van der Waals surface area contributed by atoms with E-state index in [1.165, 1.54) is 16.2 Å². The van der Waals surface area contributed by atoms with Crippen LogP contribution in [0.1, 0.15) is 43.2 Å². The van der Waals surface area contributed by atoms with Crippen LogP contribution in [0.15, 0.2) is 60.7 Å². The summed E-state index contributed by atoms with van der Waals surface area (Å²) < 4.78 is 0. The van der Waals surface area contributed by atoms with Crippen LogP contribution in [0.5, 0.6) is 0 Å². The van der Waals surface area contributed by atoms with E-state index < -0.39 is 0 Å². The minimum Gasteiger partial charge on any atom is -0.292 e. The molecule has 2 aromatic carbocycles. The first-order chi connectivity index (χ1) is 13.7. The van der Waals surface area contributed by atoms with Gasteiger partial charge in [-0.2, -0.15) is 0 Å². The van der Waals surface area contributed by atoms with Gasteiger partial charge in [-0.15, -0.1) is 0 Å². The highest BCUT2D eigenvalue weighted by molar-refractivity contribution is 5.75. The summed E-state index contributed by atoms with van der Waals surface area (Å²) >= 11 is 0. The third-order valence-corrected chi connectivity index (χ3v) is 5.88. The Bertz CT molecular complexity index is 670. The van der Waals surface area contributed by atoms with Crippen molar-refractivity contribution in [3.63, 3.8) is 0 Å². The number of benzene rings is 2. The summed E-state index contributed by atoms with van der Waals surface area (Å²) in [5.74, 6) is 0.549. The fourth-order valence-corrected chi connectivity index (χ4v) is 4.14. The molecule has 0 spiro atoms. The molecule has 0 bridgehead atoms. The van der Waals surface area contributed by atoms with E-state index in [0.29, 0.717) is 18.4 Å². The van der Waals surface area contributed by atoms with Gasteiger partial charge in [0.15, 0.2) is 0 Å². The van der Waals surface area contributed by atoms with Crippen molar-refractivity contribution in [2.24, 2.45) is 5.92 Å². The van der Waals surface area contributed by atoms with Gasteiger partial charge in [-0.05, 0) is 42.7 Å². The van der Waals surface area contributed by atoms with Gasteiger partial charge in [0.05, 0.1) is 7.11 Å². The van der Waals surface area contributed by atoms with E-state index in [0.717, 1.165) is 38.8 Å². The summed E-state index contributed by atoms with van der Waals surface area (Å²) in [5.41, 5.74) is 2.72. The van der Waals surface area contributed by atoms with Gasteiger partial charge in [0.25, 0.3) is 0 Å². The molecule has 1 aliphatic carbocycles. The van der Waals surface area contributed by atoms with E-state index >= 15 is 0 Å². The summed E-state index contributed by atoms with van der Waals surface area (Å²) in [6.07, 6.45) is 5.10. The predicted octanol–water partition coefficient (Wildman–Crippen LogP) is 4.66. The SMILES string of the molecule is CON(C)C(=O)CC1CCC(N(Cc2ccccc2)Cc2ccccc2)CC1. The number of rotatable bonds is 8. The Labute approximate surface area is 169 Å². The lowest BCUT2D eigenvalue weighted by molar-refractivity contribution is -0.170. The Balaban J connectivity index is 1.61. The Hall–Kier alpha value is -2.17. The lowest BCUT2D eigenvalue weighted by Gasteiger charge is -2.37. The summed E-state index contributed by atoms with van der Waals surface area (Å²) in [4.78, 5) is 19.8. The largest absolute Gasteiger partial charge is 0.292 e. The molecule has 28 heavy (non-hydrogen) atoms. The number of hydrogen-bond donors (Lipinski definition) is 0. The summed E-state index contributed by atoms with van der Waals surface area (Å²) in [6.45, 7) is 1.94. The first-order valence-electron chi connectivity index (χ1n) is 10.3. The third-order valence-electron chi connectivity index (χ3n) is 5.88. The minimum absolute atomic E-state index is 0.0800. The molecule has 4 nitrogen and oxygen atoms in total. The molecule has 3 rings (SSSR count). The molecule has 1 amide bonds. The number of amides is 1. The quantitative estimate of drug-likeness (QED) is 0.625. The fraction of sp³-hybridized carbons (Fsp3) is 0.458. The average molecular weight is 381 g/mol. The van der Waals surface area contributed by atoms with Crippen LogP contribution in [0, 0.1) is 5.92 Å². The van der Waals surface area contributed by atoms with Gasteiger partial charge in [0.1, 0.15) is 0 Å². The van der Waals surface area contributed by atoms with Crippen molar-refractivity contribution >= 4 is 5.91 Å². The first kappa shape index (κ1) is 20.6. The monoisotopic (exact) mass is 380 g/mol. The molecule has 0 atom stereocenters. The molecule has 0 heterocycles. The molecule has 4 heteroatoms. The van der Waals surface area contributed by atoms with Gasteiger partial charge in [0, 0.05) is 32.6 Å². The predicted molar refractivity (Wildman–Crippen MR) is 112 cm³/mol. The van der Waals surface area contributed by atoms with Gasteiger partial charge in [0.2, 0.25) is 5.91 Å². The second-order valence-corrected chi connectivity index (χ2v) is 7.83. The Kier molecular flexibility index (Phi) is 7.63. The molecule has 0 unspecified atom stereocenters. The second kappa shape index (κ2) is 10.4. The zero-order valence-electron chi connectivity index (χ0n) is 17.1.